The SMILES string of the molecule is CCCCOCCCNCC(C)(O)C(=O)O. The van der Waals surface area contributed by atoms with Gasteiger partial charge in [-0.1, -0.05) is 13.3 Å². The quantitative estimate of drug-likeness (QED) is 0.482. The summed E-state index contributed by atoms with van der Waals surface area (Å²) in [5.41, 5.74) is -1.69. The molecule has 5 nitrogen and oxygen atoms in total. The fourth-order valence-corrected chi connectivity index (χ4v) is 1.06. The van der Waals surface area contributed by atoms with Crippen molar-refractivity contribution < 1.29 is 19.7 Å². The third-order valence-corrected chi connectivity index (χ3v) is 2.21. The van der Waals surface area contributed by atoms with Gasteiger partial charge in [-0.05, 0) is 26.3 Å². The van der Waals surface area contributed by atoms with Crippen molar-refractivity contribution in [3.8, 4) is 0 Å². The molecular formula is C11H23NO4. The molecule has 3 N–H and O–H groups in total. The Morgan fingerprint density at radius 2 is 2.00 bits per heavy atom. The number of nitrogens with one attached hydrogen (secondary N) is 1. The molecule has 0 aromatic heterocycles. The summed E-state index contributed by atoms with van der Waals surface area (Å²) in [4.78, 5) is 10.5. The van der Waals surface area contributed by atoms with Crippen LogP contribution in [0.3, 0.4) is 0 Å². The Labute approximate surface area is 96.8 Å². The van der Waals surface area contributed by atoms with Crippen molar-refractivity contribution in [1.82, 2.24) is 5.32 Å². The molecule has 0 aliphatic heterocycles. The van der Waals surface area contributed by atoms with Crippen molar-refractivity contribution in [2.75, 3.05) is 26.3 Å². The molecule has 0 amide bonds. The molecule has 1 unspecified atom stereocenters. The normalized spacial score (nSPS) is 14.7. The molecule has 5 heteroatoms. The fraction of sp³-hybridized carbons (Fsp3) is 0.909. The minimum atomic E-state index is -1.69. The molecule has 0 saturated heterocycles. The van der Waals surface area contributed by atoms with E-state index in [-0.39, 0.29) is 6.54 Å². The average Bonchev–Trinajstić information content (AvgIpc) is 2.21. The summed E-state index contributed by atoms with van der Waals surface area (Å²) in [6, 6.07) is 0. The minimum absolute atomic E-state index is 0.0529. The van der Waals surface area contributed by atoms with E-state index in [4.69, 9.17) is 9.84 Å². The molecule has 0 aromatic carbocycles. The first-order valence-corrected chi connectivity index (χ1v) is 5.75. The van der Waals surface area contributed by atoms with Crippen LogP contribution in [0.15, 0.2) is 0 Å². The van der Waals surface area contributed by atoms with Gasteiger partial charge in [0.25, 0.3) is 0 Å². The standard InChI is InChI=1S/C11H23NO4/c1-3-4-7-16-8-5-6-12-9-11(2,15)10(13)14/h12,15H,3-9H2,1-2H3,(H,13,14). The van der Waals surface area contributed by atoms with Crippen LogP contribution in [0.25, 0.3) is 0 Å². The maximum Gasteiger partial charge on any atom is 0.336 e. The summed E-state index contributed by atoms with van der Waals surface area (Å²) >= 11 is 0. The molecule has 16 heavy (non-hydrogen) atoms. The minimum Gasteiger partial charge on any atom is -0.479 e. The van der Waals surface area contributed by atoms with Crippen LogP contribution in [-0.4, -0.2) is 48.1 Å². The summed E-state index contributed by atoms with van der Waals surface area (Å²) in [5.74, 6) is -1.21. The number of aliphatic hydroxyl groups is 1. The Balaban J connectivity index is 3.30. The van der Waals surface area contributed by atoms with Crippen LogP contribution in [0.4, 0.5) is 0 Å². The van der Waals surface area contributed by atoms with Gasteiger partial charge in [0.1, 0.15) is 0 Å². The molecule has 0 spiro atoms. The Bertz CT molecular complexity index is 194. The fourth-order valence-electron chi connectivity index (χ4n) is 1.06. The maximum atomic E-state index is 10.5. The Kier molecular flexibility index (Phi) is 8.15. The zero-order valence-electron chi connectivity index (χ0n) is 10.2. The second-order valence-corrected chi connectivity index (χ2v) is 4.08. The van der Waals surface area contributed by atoms with Crippen molar-refractivity contribution >= 4 is 5.97 Å². The van der Waals surface area contributed by atoms with E-state index < -0.39 is 11.6 Å². The molecule has 0 saturated carbocycles. The van der Waals surface area contributed by atoms with Crippen molar-refractivity contribution in [1.29, 1.82) is 0 Å². The lowest BCUT2D eigenvalue weighted by molar-refractivity contribution is -0.156. The van der Waals surface area contributed by atoms with E-state index in [1.54, 1.807) is 0 Å². The first-order chi connectivity index (χ1) is 7.50. The van der Waals surface area contributed by atoms with Crippen LogP contribution in [0.1, 0.15) is 33.1 Å². The molecule has 96 valence electrons. The van der Waals surface area contributed by atoms with E-state index in [0.29, 0.717) is 13.2 Å². The summed E-state index contributed by atoms with van der Waals surface area (Å²) in [6.45, 7) is 5.54. The molecule has 0 rings (SSSR count). The summed E-state index contributed by atoms with van der Waals surface area (Å²) in [6.07, 6.45) is 3.01. The van der Waals surface area contributed by atoms with Gasteiger partial charge in [-0.2, -0.15) is 0 Å². The average molecular weight is 233 g/mol. The highest BCUT2D eigenvalue weighted by atomic mass is 16.5. The van der Waals surface area contributed by atoms with E-state index in [0.717, 1.165) is 25.9 Å². The van der Waals surface area contributed by atoms with Gasteiger partial charge in [0.15, 0.2) is 5.60 Å². The molecule has 0 bridgehead atoms. The van der Waals surface area contributed by atoms with Crippen molar-refractivity contribution in [3.05, 3.63) is 0 Å². The zero-order chi connectivity index (χ0) is 12.4. The van der Waals surface area contributed by atoms with Crippen LogP contribution in [-0.2, 0) is 9.53 Å². The van der Waals surface area contributed by atoms with Crippen molar-refractivity contribution in [3.63, 3.8) is 0 Å². The molecular weight excluding hydrogens is 210 g/mol. The topological polar surface area (TPSA) is 78.8 Å². The predicted octanol–water partition coefficient (Wildman–Crippen LogP) is 0.618. The van der Waals surface area contributed by atoms with Gasteiger partial charge in [0.05, 0.1) is 0 Å². The lowest BCUT2D eigenvalue weighted by atomic mass is 10.1. The number of carbonyl (C=O) groups is 1. The number of hydrogen-bond donors (Lipinski definition) is 3. The van der Waals surface area contributed by atoms with Gasteiger partial charge in [-0.15, -0.1) is 0 Å². The van der Waals surface area contributed by atoms with Gasteiger partial charge in [0, 0.05) is 19.8 Å². The molecule has 0 aliphatic carbocycles. The van der Waals surface area contributed by atoms with E-state index in [2.05, 4.69) is 12.2 Å². The van der Waals surface area contributed by atoms with Gasteiger partial charge >= 0.3 is 5.97 Å². The molecule has 0 fully saturated rings. The highest BCUT2D eigenvalue weighted by molar-refractivity contribution is 5.76. The number of carboxylic acid groups (broad SMARTS) is 1. The third kappa shape index (κ3) is 7.62. The van der Waals surface area contributed by atoms with Gasteiger partial charge in [-0.3, -0.25) is 0 Å². The molecule has 0 radical (unpaired) electrons. The lowest BCUT2D eigenvalue weighted by Gasteiger charge is -2.18. The Hall–Kier alpha value is -0.650. The van der Waals surface area contributed by atoms with E-state index in [1.165, 1.54) is 6.92 Å². The largest absolute Gasteiger partial charge is 0.479 e. The van der Waals surface area contributed by atoms with E-state index >= 15 is 0 Å². The Morgan fingerprint density at radius 1 is 1.38 bits per heavy atom. The monoisotopic (exact) mass is 233 g/mol. The smallest absolute Gasteiger partial charge is 0.336 e. The van der Waals surface area contributed by atoms with E-state index in [9.17, 15) is 9.90 Å². The van der Waals surface area contributed by atoms with Gasteiger partial charge in [-0.25, -0.2) is 4.79 Å². The highest BCUT2D eigenvalue weighted by Crippen LogP contribution is 2.00. The van der Waals surface area contributed by atoms with Crippen LogP contribution in [0.5, 0.6) is 0 Å². The molecule has 0 aliphatic rings. The van der Waals surface area contributed by atoms with Crippen molar-refractivity contribution in [2.24, 2.45) is 0 Å². The maximum absolute atomic E-state index is 10.5. The number of hydrogen-bond acceptors (Lipinski definition) is 4. The highest BCUT2D eigenvalue weighted by Gasteiger charge is 2.28. The first-order valence-electron chi connectivity index (χ1n) is 5.75. The second-order valence-electron chi connectivity index (χ2n) is 4.08. The number of ether oxygens (including phenoxy) is 1. The molecule has 0 aromatic rings. The summed E-state index contributed by atoms with van der Waals surface area (Å²) in [7, 11) is 0. The van der Waals surface area contributed by atoms with Gasteiger partial charge in [0.2, 0.25) is 0 Å². The number of aliphatic carboxylic acids is 1. The lowest BCUT2D eigenvalue weighted by Crippen LogP contribution is -2.45. The summed E-state index contributed by atoms with van der Waals surface area (Å²) in [5, 5.41) is 20.9. The van der Waals surface area contributed by atoms with E-state index in [1.807, 2.05) is 0 Å². The molecule has 1 atom stereocenters. The first kappa shape index (κ1) is 15.3. The van der Waals surface area contributed by atoms with Crippen molar-refractivity contribution in [2.45, 2.75) is 38.7 Å². The summed E-state index contributed by atoms with van der Waals surface area (Å²) < 4.78 is 5.33. The van der Waals surface area contributed by atoms with Crippen LogP contribution >= 0.6 is 0 Å². The molecule has 0 heterocycles. The second kappa shape index (κ2) is 8.50. The Morgan fingerprint density at radius 3 is 2.56 bits per heavy atom. The number of carboxylic acids is 1. The predicted molar refractivity (Wildman–Crippen MR) is 61.5 cm³/mol. The number of unbranched alkanes of at least 4 members (excludes halogenated alkanes) is 1. The number of rotatable bonds is 10. The van der Waals surface area contributed by atoms with Crippen LogP contribution in [0.2, 0.25) is 0 Å². The van der Waals surface area contributed by atoms with Gasteiger partial charge < -0.3 is 20.3 Å². The van der Waals surface area contributed by atoms with Crippen LogP contribution < -0.4 is 5.32 Å². The van der Waals surface area contributed by atoms with Crippen LogP contribution in [0, 0.1) is 0 Å². The zero-order valence-corrected chi connectivity index (χ0v) is 10.2. The third-order valence-electron chi connectivity index (χ3n) is 2.21.